The van der Waals surface area contributed by atoms with Gasteiger partial charge in [0.2, 0.25) is 0 Å². The molecule has 0 aliphatic heterocycles. The first-order chi connectivity index (χ1) is 14.6. The Balaban J connectivity index is 1.60. The third kappa shape index (κ3) is 4.39. The molecule has 2 aromatic carbocycles. The topological polar surface area (TPSA) is 76.9 Å². The van der Waals surface area contributed by atoms with E-state index < -0.39 is 11.5 Å². The molecule has 4 rings (SSSR count). The number of carbonyl (C=O) groups is 1. The first kappa shape index (κ1) is 19.8. The van der Waals surface area contributed by atoms with Gasteiger partial charge in [-0.3, -0.25) is 14.2 Å². The minimum atomic E-state index is -0.499. The van der Waals surface area contributed by atoms with Crippen LogP contribution in [0.3, 0.4) is 0 Å². The van der Waals surface area contributed by atoms with Crippen LogP contribution < -0.4 is 10.9 Å². The van der Waals surface area contributed by atoms with Gasteiger partial charge in [-0.15, -0.1) is 0 Å². The number of fused-ring (bicyclic) bond motifs is 1. The van der Waals surface area contributed by atoms with E-state index >= 15 is 0 Å². The summed E-state index contributed by atoms with van der Waals surface area (Å²) >= 11 is 5.89. The van der Waals surface area contributed by atoms with Crippen LogP contribution in [0.5, 0.6) is 0 Å². The number of amides is 1. The van der Waals surface area contributed by atoms with Crippen molar-refractivity contribution >= 4 is 28.7 Å². The molecule has 7 heteroatoms. The van der Waals surface area contributed by atoms with Crippen LogP contribution in [0, 0.1) is 0 Å². The fourth-order valence-electron chi connectivity index (χ4n) is 3.19. The third-order valence-corrected chi connectivity index (χ3v) is 4.96. The molecule has 0 bridgehead atoms. The number of halogens is 1. The van der Waals surface area contributed by atoms with Crippen LogP contribution in [-0.2, 0) is 13.0 Å². The van der Waals surface area contributed by atoms with Gasteiger partial charge in [0, 0.05) is 17.8 Å². The lowest BCUT2D eigenvalue weighted by molar-refractivity contribution is 0.0947. The smallest absolute Gasteiger partial charge is 0.284 e. The summed E-state index contributed by atoms with van der Waals surface area (Å²) < 4.78 is 1.49. The Morgan fingerprint density at radius 3 is 2.50 bits per heavy atom. The molecule has 1 amide bonds. The molecule has 0 spiro atoms. The van der Waals surface area contributed by atoms with Crippen molar-refractivity contribution in [1.82, 2.24) is 19.9 Å². The molecular weight excluding hydrogens is 400 g/mol. The molecule has 6 nitrogen and oxygen atoms in total. The third-order valence-electron chi connectivity index (χ3n) is 4.71. The van der Waals surface area contributed by atoms with Crippen LogP contribution >= 0.6 is 11.6 Å². The molecule has 2 aromatic heterocycles. The molecule has 0 aliphatic rings. The molecule has 0 fully saturated rings. The van der Waals surface area contributed by atoms with Gasteiger partial charge in [-0.05, 0) is 41.8 Å². The van der Waals surface area contributed by atoms with Gasteiger partial charge < -0.3 is 5.32 Å². The van der Waals surface area contributed by atoms with Gasteiger partial charge in [-0.25, -0.2) is 9.97 Å². The van der Waals surface area contributed by atoms with Crippen molar-refractivity contribution in [3.63, 3.8) is 0 Å². The largest absolute Gasteiger partial charge is 0.350 e. The molecule has 0 aliphatic carbocycles. The summed E-state index contributed by atoms with van der Waals surface area (Å²) in [5.74, 6) is -0.499. The van der Waals surface area contributed by atoms with Gasteiger partial charge in [0.15, 0.2) is 11.3 Å². The van der Waals surface area contributed by atoms with Gasteiger partial charge >= 0.3 is 0 Å². The molecular formula is C23H19ClN4O2. The van der Waals surface area contributed by atoms with Crippen molar-refractivity contribution < 1.29 is 4.79 Å². The van der Waals surface area contributed by atoms with Crippen LogP contribution in [-0.4, -0.2) is 27.0 Å². The maximum atomic E-state index is 13.1. The van der Waals surface area contributed by atoms with E-state index in [0.717, 1.165) is 11.1 Å². The van der Waals surface area contributed by atoms with Gasteiger partial charge in [0.05, 0.1) is 6.54 Å². The fraction of sp³-hybridized carbons (Fsp3) is 0.130. The summed E-state index contributed by atoms with van der Waals surface area (Å²) in [6.45, 7) is 0.687. The SMILES string of the molecule is O=C(NCCc1ccc(Cl)cc1)c1nc2cccnc2n(Cc2ccccc2)c1=O. The van der Waals surface area contributed by atoms with Crippen molar-refractivity contribution in [2.75, 3.05) is 6.54 Å². The van der Waals surface area contributed by atoms with E-state index in [1.807, 2.05) is 42.5 Å². The summed E-state index contributed by atoms with van der Waals surface area (Å²) in [4.78, 5) is 34.4. The Labute approximate surface area is 178 Å². The van der Waals surface area contributed by atoms with Crippen molar-refractivity contribution in [2.45, 2.75) is 13.0 Å². The number of nitrogens with zero attached hydrogens (tertiary/aromatic N) is 3. The van der Waals surface area contributed by atoms with Gasteiger partial charge in [-0.1, -0.05) is 54.1 Å². The van der Waals surface area contributed by atoms with E-state index in [1.165, 1.54) is 4.57 Å². The molecule has 1 N–H and O–H groups in total. The Kier molecular flexibility index (Phi) is 5.86. The molecule has 0 atom stereocenters. The maximum Gasteiger partial charge on any atom is 0.284 e. The van der Waals surface area contributed by atoms with Crippen molar-refractivity contribution in [3.05, 3.63) is 105 Å². The van der Waals surface area contributed by atoms with E-state index in [1.54, 1.807) is 30.5 Å². The monoisotopic (exact) mass is 418 g/mol. The fourth-order valence-corrected chi connectivity index (χ4v) is 3.32. The van der Waals surface area contributed by atoms with E-state index in [4.69, 9.17) is 11.6 Å². The zero-order valence-electron chi connectivity index (χ0n) is 16.1. The lowest BCUT2D eigenvalue weighted by Gasteiger charge is -2.12. The highest BCUT2D eigenvalue weighted by Gasteiger charge is 2.18. The van der Waals surface area contributed by atoms with Crippen LogP contribution in [0.25, 0.3) is 11.2 Å². The number of hydrogen-bond donors (Lipinski definition) is 1. The predicted molar refractivity (Wildman–Crippen MR) is 117 cm³/mol. The molecule has 2 heterocycles. The number of nitrogens with one attached hydrogen (secondary N) is 1. The average molecular weight is 419 g/mol. The molecule has 150 valence electrons. The number of rotatable bonds is 6. The highest BCUT2D eigenvalue weighted by Crippen LogP contribution is 2.11. The minimum Gasteiger partial charge on any atom is -0.350 e. The molecule has 0 saturated heterocycles. The van der Waals surface area contributed by atoms with Crippen LogP contribution in [0.2, 0.25) is 5.02 Å². The molecule has 0 saturated carbocycles. The van der Waals surface area contributed by atoms with Crippen molar-refractivity contribution in [3.8, 4) is 0 Å². The average Bonchev–Trinajstić information content (AvgIpc) is 2.77. The van der Waals surface area contributed by atoms with Crippen molar-refractivity contribution in [2.24, 2.45) is 0 Å². The Hall–Kier alpha value is -3.51. The quantitative estimate of drug-likeness (QED) is 0.520. The second-order valence-electron chi connectivity index (χ2n) is 6.82. The number of hydrogen-bond acceptors (Lipinski definition) is 4. The standard InChI is InChI=1S/C23H19ClN4O2/c24-18-10-8-16(9-11-18)12-14-26-22(29)20-23(30)28(15-17-5-2-1-3-6-17)21-19(27-20)7-4-13-25-21/h1-11,13H,12,14-15H2,(H,26,29). The Morgan fingerprint density at radius 2 is 1.73 bits per heavy atom. The number of benzene rings is 2. The summed E-state index contributed by atoms with van der Waals surface area (Å²) in [7, 11) is 0. The lowest BCUT2D eigenvalue weighted by atomic mass is 10.1. The maximum absolute atomic E-state index is 13.1. The van der Waals surface area contributed by atoms with Crippen LogP contribution in [0.4, 0.5) is 0 Å². The van der Waals surface area contributed by atoms with Crippen LogP contribution in [0.15, 0.2) is 77.7 Å². The zero-order chi connectivity index (χ0) is 20.9. The van der Waals surface area contributed by atoms with Gasteiger partial charge in [0.25, 0.3) is 11.5 Å². The van der Waals surface area contributed by atoms with E-state index in [2.05, 4.69) is 15.3 Å². The molecule has 30 heavy (non-hydrogen) atoms. The number of carbonyl (C=O) groups excluding carboxylic acids is 1. The van der Waals surface area contributed by atoms with Crippen LogP contribution in [0.1, 0.15) is 21.6 Å². The summed E-state index contributed by atoms with van der Waals surface area (Å²) in [5, 5.41) is 3.45. The normalized spacial score (nSPS) is 10.8. The Bertz CT molecular complexity index is 1240. The van der Waals surface area contributed by atoms with Gasteiger partial charge in [-0.2, -0.15) is 0 Å². The second kappa shape index (κ2) is 8.88. The molecule has 4 aromatic rings. The molecule has 0 radical (unpaired) electrons. The number of aromatic nitrogens is 3. The van der Waals surface area contributed by atoms with E-state index in [-0.39, 0.29) is 5.69 Å². The molecule has 0 unspecified atom stereocenters. The number of pyridine rings is 1. The zero-order valence-corrected chi connectivity index (χ0v) is 16.8. The minimum absolute atomic E-state index is 0.137. The van der Waals surface area contributed by atoms with E-state index in [9.17, 15) is 9.59 Å². The lowest BCUT2D eigenvalue weighted by Crippen LogP contribution is -2.36. The first-order valence-corrected chi connectivity index (χ1v) is 9.92. The summed E-state index contributed by atoms with van der Waals surface area (Å²) in [6.07, 6.45) is 2.23. The highest BCUT2D eigenvalue weighted by atomic mass is 35.5. The van der Waals surface area contributed by atoms with Crippen molar-refractivity contribution in [1.29, 1.82) is 0 Å². The van der Waals surface area contributed by atoms with E-state index in [0.29, 0.717) is 35.7 Å². The highest BCUT2D eigenvalue weighted by molar-refractivity contribution is 6.30. The predicted octanol–water partition coefficient (Wildman–Crippen LogP) is 3.47. The second-order valence-corrected chi connectivity index (χ2v) is 7.25. The Morgan fingerprint density at radius 1 is 0.967 bits per heavy atom. The first-order valence-electron chi connectivity index (χ1n) is 9.54. The van der Waals surface area contributed by atoms with Gasteiger partial charge in [0.1, 0.15) is 5.52 Å². The summed E-state index contributed by atoms with van der Waals surface area (Å²) in [5.41, 5.74) is 2.32. The summed E-state index contributed by atoms with van der Waals surface area (Å²) in [6, 6.07) is 20.5.